The van der Waals surface area contributed by atoms with Gasteiger partial charge in [0, 0.05) is 30.9 Å². The number of aliphatic carboxylic acids is 1. The zero-order chi connectivity index (χ0) is 16.7. The van der Waals surface area contributed by atoms with Crippen LogP contribution >= 0.6 is 0 Å². The van der Waals surface area contributed by atoms with Gasteiger partial charge < -0.3 is 10.0 Å². The number of carbonyl (C=O) groups excluding carboxylic acids is 1. The molecule has 0 fully saturated rings. The molecule has 1 aliphatic rings. The van der Waals surface area contributed by atoms with Gasteiger partial charge in [0.15, 0.2) is 0 Å². The predicted molar refractivity (Wildman–Crippen MR) is 85.8 cm³/mol. The number of para-hydroxylation sites is 1. The van der Waals surface area contributed by atoms with Crippen LogP contribution in [0.15, 0.2) is 24.3 Å². The van der Waals surface area contributed by atoms with Crippen LogP contribution in [-0.4, -0.2) is 33.3 Å². The summed E-state index contributed by atoms with van der Waals surface area (Å²) in [6, 6.07) is 7.52. The summed E-state index contributed by atoms with van der Waals surface area (Å²) in [4.78, 5) is 25.8. The number of aromatic nitrogens is 2. The van der Waals surface area contributed by atoms with E-state index in [-0.39, 0.29) is 18.2 Å². The van der Waals surface area contributed by atoms with Gasteiger partial charge in [0.1, 0.15) is 0 Å². The summed E-state index contributed by atoms with van der Waals surface area (Å²) in [5.74, 6) is -1.15. The van der Waals surface area contributed by atoms with Crippen LogP contribution < -0.4 is 4.90 Å². The highest BCUT2D eigenvalue weighted by Crippen LogP contribution is 2.39. The summed E-state index contributed by atoms with van der Waals surface area (Å²) in [6.45, 7) is 4.07. The summed E-state index contributed by atoms with van der Waals surface area (Å²) in [7, 11) is 1.81. The molecule has 2 heterocycles. The molecule has 0 saturated heterocycles. The second-order valence-corrected chi connectivity index (χ2v) is 5.94. The van der Waals surface area contributed by atoms with E-state index in [1.807, 2.05) is 45.2 Å². The van der Waals surface area contributed by atoms with Gasteiger partial charge in [0.2, 0.25) is 0 Å². The number of hydrogen-bond acceptors (Lipinski definition) is 3. The van der Waals surface area contributed by atoms with E-state index in [4.69, 9.17) is 5.11 Å². The van der Waals surface area contributed by atoms with Crippen molar-refractivity contribution in [3.8, 4) is 0 Å². The van der Waals surface area contributed by atoms with Gasteiger partial charge in [-0.2, -0.15) is 5.10 Å². The Balaban J connectivity index is 2.01. The zero-order valence-corrected chi connectivity index (χ0v) is 13.4. The number of carbonyl (C=O) groups is 2. The van der Waals surface area contributed by atoms with E-state index in [2.05, 4.69) is 5.10 Å². The number of fused-ring (bicyclic) bond motifs is 1. The molecule has 0 radical (unpaired) electrons. The minimum atomic E-state index is -0.854. The van der Waals surface area contributed by atoms with Gasteiger partial charge in [-0.3, -0.25) is 14.3 Å². The first-order valence-corrected chi connectivity index (χ1v) is 7.53. The molecule has 0 bridgehead atoms. The fourth-order valence-electron chi connectivity index (χ4n) is 3.29. The van der Waals surface area contributed by atoms with Crippen LogP contribution in [0.4, 0.5) is 5.69 Å². The summed E-state index contributed by atoms with van der Waals surface area (Å²) in [5.41, 5.74) is 3.81. The molecule has 1 unspecified atom stereocenters. The highest BCUT2D eigenvalue weighted by atomic mass is 16.4. The highest BCUT2D eigenvalue weighted by Gasteiger charge is 2.35. The SMILES string of the molecule is Cc1nn(C)c(C)c1C(=O)N1CC(CC(=O)O)c2ccccc21. The highest BCUT2D eigenvalue weighted by molar-refractivity contribution is 6.09. The number of rotatable bonds is 3. The topological polar surface area (TPSA) is 75.4 Å². The lowest BCUT2D eigenvalue weighted by atomic mass is 9.98. The van der Waals surface area contributed by atoms with Crippen molar-refractivity contribution in [1.29, 1.82) is 0 Å². The molecular formula is C17H19N3O3. The van der Waals surface area contributed by atoms with Gasteiger partial charge in [-0.15, -0.1) is 0 Å². The molecule has 1 aliphatic heterocycles. The van der Waals surface area contributed by atoms with E-state index in [1.165, 1.54) is 0 Å². The summed E-state index contributed by atoms with van der Waals surface area (Å²) >= 11 is 0. The van der Waals surface area contributed by atoms with Crippen molar-refractivity contribution in [2.24, 2.45) is 7.05 Å². The number of anilines is 1. The first kappa shape index (κ1) is 15.3. The number of hydrogen-bond donors (Lipinski definition) is 1. The molecule has 2 aromatic rings. The van der Waals surface area contributed by atoms with Crippen molar-refractivity contribution in [3.05, 3.63) is 46.8 Å². The maximum Gasteiger partial charge on any atom is 0.304 e. The molecule has 6 heteroatoms. The number of benzene rings is 1. The van der Waals surface area contributed by atoms with Crippen LogP contribution in [0, 0.1) is 13.8 Å². The van der Waals surface area contributed by atoms with Crippen LogP contribution in [0.5, 0.6) is 0 Å². The maximum absolute atomic E-state index is 13.0. The van der Waals surface area contributed by atoms with E-state index < -0.39 is 5.97 Å². The number of nitrogens with zero attached hydrogens (tertiary/aromatic N) is 3. The van der Waals surface area contributed by atoms with Gasteiger partial charge in [-0.05, 0) is 25.5 Å². The van der Waals surface area contributed by atoms with Gasteiger partial charge >= 0.3 is 5.97 Å². The predicted octanol–water partition coefficient (Wildman–Crippen LogP) is 2.26. The third-order valence-electron chi connectivity index (χ3n) is 4.46. The summed E-state index contributed by atoms with van der Waals surface area (Å²) in [5, 5.41) is 13.4. The Hall–Kier alpha value is -2.63. The van der Waals surface area contributed by atoms with Gasteiger partial charge in [-0.25, -0.2) is 0 Å². The molecule has 0 saturated carbocycles. The third-order valence-corrected chi connectivity index (χ3v) is 4.46. The lowest BCUT2D eigenvalue weighted by Gasteiger charge is -2.18. The number of amides is 1. The Morgan fingerprint density at radius 2 is 2.00 bits per heavy atom. The van der Waals surface area contributed by atoms with E-state index in [9.17, 15) is 9.59 Å². The van der Waals surface area contributed by atoms with Crippen molar-refractivity contribution in [2.45, 2.75) is 26.2 Å². The van der Waals surface area contributed by atoms with Gasteiger partial charge in [0.05, 0.1) is 17.7 Å². The van der Waals surface area contributed by atoms with Crippen LogP contribution in [0.25, 0.3) is 0 Å². The first-order chi connectivity index (χ1) is 10.9. The van der Waals surface area contributed by atoms with Gasteiger partial charge in [0.25, 0.3) is 5.91 Å². The molecule has 0 spiro atoms. The zero-order valence-electron chi connectivity index (χ0n) is 13.4. The monoisotopic (exact) mass is 313 g/mol. The Kier molecular flexibility index (Phi) is 3.67. The second-order valence-electron chi connectivity index (χ2n) is 5.94. The molecule has 23 heavy (non-hydrogen) atoms. The third kappa shape index (κ3) is 2.50. The minimum Gasteiger partial charge on any atom is -0.481 e. The van der Waals surface area contributed by atoms with Gasteiger partial charge in [-0.1, -0.05) is 18.2 Å². The molecule has 120 valence electrons. The van der Waals surface area contributed by atoms with Crippen molar-refractivity contribution < 1.29 is 14.7 Å². The Bertz CT molecular complexity index is 794. The lowest BCUT2D eigenvalue weighted by Crippen LogP contribution is -2.31. The summed E-state index contributed by atoms with van der Waals surface area (Å²) < 4.78 is 1.69. The lowest BCUT2D eigenvalue weighted by molar-refractivity contribution is -0.137. The van der Waals surface area contributed by atoms with Crippen LogP contribution in [-0.2, 0) is 11.8 Å². The van der Waals surface area contributed by atoms with E-state index >= 15 is 0 Å². The summed E-state index contributed by atoms with van der Waals surface area (Å²) in [6.07, 6.45) is 0.0196. The normalized spacial score (nSPS) is 16.5. The first-order valence-electron chi connectivity index (χ1n) is 7.53. The van der Waals surface area contributed by atoms with Crippen molar-refractivity contribution in [3.63, 3.8) is 0 Å². The Labute approximate surface area is 134 Å². The molecular weight excluding hydrogens is 294 g/mol. The van der Waals surface area contributed by atoms with E-state index in [1.54, 1.807) is 9.58 Å². The molecule has 1 N–H and O–H groups in total. The van der Waals surface area contributed by atoms with E-state index in [0.717, 1.165) is 16.9 Å². The molecule has 1 aromatic carbocycles. The largest absolute Gasteiger partial charge is 0.481 e. The van der Waals surface area contributed by atoms with Crippen molar-refractivity contribution in [1.82, 2.24) is 9.78 Å². The quantitative estimate of drug-likeness (QED) is 0.943. The average Bonchev–Trinajstić information content (AvgIpc) is 2.97. The average molecular weight is 313 g/mol. The maximum atomic E-state index is 13.0. The molecule has 0 aliphatic carbocycles. The fourth-order valence-corrected chi connectivity index (χ4v) is 3.29. The second kappa shape index (κ2) is 5.53. The molecule has 6 nitrogen and oxygen atoms in total. The fraction of sp³-hybridized carbons (Fsp3) is 0.353. The van der Waals surface area contributed by atoms with Crippen LogP contribution in [0.1, 0.15) is 39.6 Å². The minimum absolute atomic E-state index is 0.0196. The Morgan fingerprint density at radius 1 is 1.30 bits per heavy atom. The molecule has 3 rings (SSSR count). The number of carboxylic acids is 1. The smallest absolute Gasteiger partial charge is 0.304 e. The number of aryl methyl sites for hydroxylation is 2. The van der Waals surface area contributed by atoms with Crippen molar-refractivity contribution >= 4 is 17.6 Å². The molecule has 1 aromatic heterocycles. The molecule has 1 amide bonds. The van der Waals surface area contributed by atoms with Crippen LogP contribution in [0.3, 0.4) is 0 Å². The van der Waals surface area contributed by atoms with Crippen LogP contribution in [0.2, 0.25) is 0 Å². The van der Waals surface area contributed by atoms with E-state index in [0.29, 0.717) is 17.8 Å². The Morgan fingerprint density at radius 3 is 2.61 bits per heavy atom. The molecule has 1 atom stereocenters. The van der Waals surface area contributed by atoms with Crippen molar-refractivity contribution in [2.75, 3.05) is 11.4 Å². The number of carboxylic acid groups (broad SMARTS) is 1. The standard InChI is InChI=1S/C17H19N3O3/c1-10-16(11(2)19(3)18-10)17(23)20-9-12(8-15(21)22)13-6-4-5-7-14(13)20/h4-7,12H,8-9H2,1-3H3,(H,21,22).